The molecule has 0 amide bonds. The molecule has 19 heavy (non-hydrogen) atoms. The van der Waals surface area contributed by atoms with E-state index in [2.05, 4.69) is 75.4 Å². The second kappa shape index (κ2) is 7.12. The second-order valence-corrected chi connectivity index (χ2v) is 5.61. The largest absolute Gasteiger partial charge is 0.412 e. The van der Waals surface area contributed by atoms with Gasteiger partial charge in [-0.05, 0) is 11.0 Å². The van der Waals surface area contributed by atoms with E-state index in [1.807, 2.05) is 0 Å². The smallest absolute Gasteiger partial charge is 0.192 e. The molecule has 102 valence electrons. The lowest BCUT2D eigenvalue weighted by molar-refractivity contribution is 0.590. The Hall–Kier alpha value is -1.58. The highest BCUT2D eigenvalue weighted by Gasteiger charge is 2.12. The van der Waals surface area contributed by atoms with Crippen molar-refractivity contribution in [3.63, 3.8) is 0 Å². The molecule has 0 aliphatic rings. The van der Waals surface area contributed by atoms with Gasteiger partial charge in [-0.1, -0.05) is 86.3 Å². The minimum atomic E-state index is 0. The predicted molar refractivity (Wildman–Crippen MR) is 85.2 cm³/mol. The zero-order valence-corrected chi connectivity index (χ0v) is 11.9. The molecule has 0 saturated carbocycles. The Morgan fingerprint density at radius 2 is 1.16 bits per heavy atom. The van der Waals surface area contributed by atoms with Gasteiger partial charge in [0.25, 0.3) is 0 Å². The van der Waals surface area contributed by atoms with Crippen LogP contribution in [0.5, 0.6) is 0 Å². The molecule has 0 aliphatic heterocycles. The summed E-state index contributed by atoms with van der Waals surface area (Å²) in [5, 5.41) is 0. The average molecular weight is 258 g/mol. The van der Waals surface area contributed by atoms with Gasteiger partial charge in [0, 0.05) is 0 Å². The van der Waals surface area contributed by atoms with Crippen molar-refractivity contribution in [3.8, 4) is 0 Å². The molecule has 0 atom stereocenters. The van der Waals surface area contributed by atoms with Gasteiger partial charge in [-0.15, -0.1) is 0 Å². The lowest BCUT2D eigenvalue weighted by atomic mass is 9.64. The van der Waals surface area contributed by atoms with Gasteiger partial charge in [0.15, 0.2) is 7.28 Å². The normalized spacial score (nSPS) is 10.1. The van der Waals surface area contributed by atoms with Crippen LogP contribution in [-0.2, 0) is 5.41 Å². The monoisotopic (exact) mass is 258 g/mol. The van der Waals surface area contributed by atoms with E-state index >= 15 is 0 Å². The van der Waals surface area contributed by atoms with Crippen molar-refractivity contribution >= 4 is 18.2 Å². The Labute approximate surface area is 116 Å². The molecule has 4 N–H and O–H groups in total. The van der Waals surface area contributed by atoms with E-state index in [9.17, 15) is 0 Å². The summed E-state index contributed by atoms with van der Waals surface area (Å²) < 4.78 is 0. The zero-order valence-electron chi connectivity index (χ0n) is 11.9. The summed E-state index contributed by atoms with van der Waals surface area (Å²) in [5.74, 6) is 0. The first kappa shape index (κ1) is 17.4. The molecule has 2 aromatic rings. The molecule has 3 heteroatoms. The summed E-state index contributed by atoms with van der Waals surface area (Å²) in [4.78, 5) is 0. The molecule has 0 aliphatic carbocycles. The fourth-order valence-electron chi connectivity index (χ4n) is 1.95. The van der Waals surface area contributed by atoms with Gasteiger partial charge in [-0.25, -0.2) is 0 Å². The van der Waals surface area contributed by atoms with Crippen LogP contribution < -0.4 is 10.9 Å². The van der Waals surface area contributed by atoms with Crippen LogP contribution in [0.15, 0.2) is 54.6 Å². The number of hydrogen-bond acceptors (Lipinski definition) is 0. The minimum absolute atomic E-state index is 0. The molecule has 0 saturated heterocycles. The summed E-state index contributed by atoms with van der Waals surface area (Å²) in [6.45, 7) is 6.75. The first-order valence-electron chi connectivity index (χ1n) is 6.19. The third-order valence-electron chi connectivity index (χ3n) is 3.07. The van der Waals surface area contributed by atoms with E-state index < -0.39 is 0 Å². The van der Waals surface area contributed by atoms with Crippen LogP contribution in [0.3, 0.4) is 0 Å². The van der Waals surface area contributed by atoms with Crippen molar-refractivity contribution in [3.05, 3.63) is 60.2 Å². The van der Waals surface area contributed by atoms with Gasteiger partial charge in [-0.3, -0.25) is 0 Å². The molecule has 2 nitrogen and oxygen atoms in total. The van der Waals surface area contributed by atoms with Crippen molar-refractivity contribution in [2.45, 2.75) is 26.2 Å². The lowest BCUT2D eigenvalue weighted by Crippen LogP contribution is -2.27. The topological polar surface area (TPSA) is 63.0 Å². The first-order valence-corrected chi connectivity index (χ1v) is 6.19. The highest BCUT2D eigenvalue weighted by atomic mass is 16.0. The van der Waals surface area contributed by atoms with Gasteiger partial charge in [0.05, 0.1) is 0 Å². The highest BCUT2D eigenvalue weighted by molar-refractivity contribution is 6.67. The fourth-order valence-corrected chi connectivity index (χ4v) is 1.95. The van der Waals surface area contributed by atoms with Crippen LogP contribution in [0.2, 0.25) is 0 Å². The molecule has 2 aromatic carbocycles. The molecule has 0 heterocycles. The summed E-state index contributed by atoms with van der Waals surface area (Å²) in [6.07, 6.45) is 0. The summed E-state index contributed by atoms with van der Waals surface area (Å²) in [5.41, 5.74) is 4.39. The molecule has 0 fully saturated rings. The molecule has 0 bridgehead atoms. The maximum atomic E-state index is 2.25. The van der Waals surface area contributed by atoms with Crippen LogP contribution in [-0.4, -0.2) is 18.2 Å². The lowest BCUT2D eigenvalue weighted by Gasteiger charge is -2.19. The number of hydrogen-bond donors (Lipinski definition) is 0. The third kappa shape index (κ3) is 4.89. The number of benzene rings is 2. The average Bonchev–Trinajstić information content (AvgIpc) is 2.30. The quantitative estimate of drug-likeness (QED) is 0.713. The standard InChI is InChI=1S/C16H19B.2H2O/c1-16(2,3)13-9-11-15(12-10-13)17-14-7-5-4-6-8-14;;/h4-12,17H,1-3H3;2*1H2. The van der Waals surface area contributed by atoms with Crippen LogP contribution in [0.1, 0.15) is 26.3 Å². The SMILES string of the molecule is CC(C)(C)c1ccc(Bc2ccccc2)cc1.O.O. The van der Waals surface area contributed by atoms with Crippen LogP contribution >= 0.6 is 0 Å². The fraction of sp³-hybridized carbons (Fsp3) is 0.250. The maximum Gasteiger partial charge on any atom is 0.192 e. The molecule has 0 spiro atoms. The Balaban J connectivity index is 0.00000162. The number of rotatable bonds is 2. The van der Waals surface area contributed by atoms with Gasteiger partial charge in [-0.2, -0.15) is 0 Å². The first-order chi connectivity index (χ1) is 8.05. The van der Waals surface area contributed by atoms with Crippen LogP contribution in [0.4, 0.5) is 0 Å². The second-order valence-electron chi connectivity index (χ2n) is 5.61. The molecular formula is C16H23BO2. The van der Waals surface area contributed by atoms with Crippen LogP contribution in [0.25, 0.3) is 0 Å². The van der Waals surface area contributed by atoms with E-state index in [4.69, 9.17) is 0 Å². The molecule has 0 radical (unpaired) electrons. The van der Waals surface area contributed by atoms with Crippen LogP contribution in [0, 0.1) is 0 Å². The molecule has 0 unspecified atom stereocenters. The van der Waals surface area contributed by atoms with E-state index in [1.54, 1.807) is 0 Å². The highest BCUT2D eigenvalue weighted by Crippen LogP contribution is 2.20. The zero-order chi connectivity index (χ0) is 12.3. The minimum Gasteiger partial charge on any atom is -0.412 e. The van der Waals surface area contributed by atoms with E-state index in [1.165, 1.54) is 16.5 Å². The summed E-state index contributed by atoms with van der Waals surface area (Å²) in [7, 11) is 1.02. The van der Waals surface area contributed by atoms with Crippen molar-refractivity contribution in [2.75, 3.05) is 0 Å². The van der Waals surface area contributed by atoms with Crippen molar-refractivity contribution in [1.82, 2.24) is 0 Å². The van der Waals surface area contributed by atoms with E-state index in [0.717, 1.165) is 7.28 Å². The van der Waals surface area contributed by atoms with Gasteiger partial charge < -0.3 is 11.0 Å². The summed E-state index contributed by atoms with van der Waals surface area (Å²) in [6, 6.07) is 19.6. The van der Waals surface area contributed by atoms with Gasteiger partial charge >= 0.3 is 0 Å². The van der Waals surface area contributed by atoms with Crippen molar-refractivity contribution in [2.24, 2.45) is 0 Å². The van der Waals surface area contributed by atoms with E-state index in [0.29, 0.717) is 0 Å². The van der Waals surface area contributed by atoms with Gasteiger partial charge in [0.2, 0.25) is 0 Å². The van der Waals surface area contributed by atoms with Crippen molar-refractivity contribution in [1.29, 1.82) is 0 Å². The van der Waals surface area contributed by atoms with E-state index in [-0.39, 0.29) is 16.4 Å². The predicted octanol–water partition coefficient (Wildman–Crippen LogP) is 0.722. The Morgan fingerprint density at radius 1 is 0.684 bits per heavy atom. The van der Waals surface area contributed by atoms with Crippen molar-refractivity contribution < 1.29 is 11.0 Å². The Bertz CT molecular complexity index is 472. The Kier molecular flexibility index (Phi) is 6.53. The molecule has 0 aromatic heterocycles. The molecule has 2 rings (SSSR count). The third-order valence-corrected chi connectivity index (χ3v) is 3.07. The van der Waals surface area contributed by atoms with Gasteiger partial charge in [0.1, 0.15) is 0 Å². The Morgan fingerprint density at radius 3 is 1.63 bits per heavy atom. The molecular weight excluding hydrogens is 235 g/mol. The maximum absolute atomic E-state index is 2.25. The summed E-state index contributed by atoms with van der Waals surface area (Å²) >= 11 is 0.